The summed E-state index contributed by atoms with van der Waals surface area (Å²) < 4.78 is 68.3. The number of phosphoric acid groups is 2. The lowest BCUT2D eigenvalue weighted by Gasteiger charge is -2.21. The summed E-state index contributed by atoms with van der Waals surface area (Å²) in [5.74, 6) is -0.587. The maximum Gasteiger partial charge on any atom is 0.472 e. The minimum Gasteiger partial charge on any atom is -0.462 e. The molecule has 0 bridgehead atoms. The summed E-state index contributed by atoms with van der Waals surface area (Å²) in [7, 11) is -9.90. The number of aliphatic hydroxyl groups excluding tert-OH is 1. The fourth-order valence-electron chi connectivity index (χ4n) is 10.8. The van der Waals surface area contributed by atoms with Crippen LogP contribution in [0.3, 0.4) is 0 Å². The minimum atomic E-state index is -4.95. The molecule has 0 spiro atoms. The third-order valence-corrected chi connectivity index (χ3v) is 18.4. The first kappa shape index (κ1) is 88.1. The molecular formula is C71H138O17P2. The van der Waals surface area contributed by atoms with E-state index in [-0.39, 0.29) is 25.7 Å². The number of rotatable bonds is 70. The first-order valence-corrected chi connectivity index (χ1v) is 40.0. The smallest absolute Gasteiger partial charge is 0.462 e. The normalized spacial score (nSPS) is 14.1. The Labute approximate surface area is 549 Å². The van der Waals surface area contributed by atoms with E-state index in [2.05, 4.69) is 41.5 Å². The third-order valence-electron chi connectivity index (χ3n) is 16.5. The second-order valence-corrected chi connectivity index (χ2v) is 29.5. The van der Waals surface area contributed by atoms with Gasteiger partial charge in [0.2, 0.25) is 0 Å². The van der Waals surface area contributed by atoms with Gasteiger partial charge >= 0.3 is 39.5 Å². The van der Waals surface area contributed by atoms with Gasteiger partial charge in [0, 0.05) is 25.7 Å². The number of hydrogen-bond acceptors (Lipinski definition) is 15. The van der Waals surface area contributed by atoms with Crippen molar-refractivity contribution in [3.63, 3.8) is 0 Å². The van der Waals surface area contributed by atoms with E-state index in [0.29, 0.717) is 25.7 Å². The van der Waals surface area contributed by atoms with Crippen LogP contribution in [0.5, 0.6) is 0 Å². The van der Waals surface area contributed by atoms with Gasteiger partial charge in [0.1, 0.15) is 19.3 Å². The molecule has 19 heteroatoms. The molecule has 0 rings (SSSR count). The second kappa shape index (κ2) is 63.1. The van der Waals surface area contributed by atoms with Gasteiger partial charge in [-0.25, -0.2) is 9.13 Å². The van der Waals surface area contributed by atoms with E-state index < -0.39 is 97.5 Å². The molecule has 0 aromatic carbocycles. The molecule has 0 aliphatic heterocycles. The molecule has 5 atom stereocenters. The van der Waals surface area contributed by atoms with E-state index in [1.807, 2.05) is 0 Å². The molecule has 3 N–H and O–H groups in total. The van der Waals surface area contributed by atoms with E-state index in [4.69, 9.17) is 37.0 Å². The van der Waals surface area contributed by atoms with Crippen molar-refractivity contribution in [2.24, 2.45) is 11.8 Å². The molecule has 90 heavy (non-hydrogen) atoms. The van der Waals surface area contributed by atoms with Crippen LogP contribution in [-0.2, 0) is 65.4 Å². The number of aliphatic hydroxyl groups is 1. The van der Waals surface area contributed by atoms with Crippen molar-refractivity contribution in [1.29, 1.82) is 0 Å². The van der Waals surface area contributed by atoms with Gasteiger partial charge in [0.25, 0.3) is 0 Å². The summed E-state index contributed by atoms with van der Waals surface area (Å²) >= 11 is 0. The Hall–Kier alpha value is -1.94. The summed E-state index contributed by atoms with van der Waals surface area (Å²) in [6.07, 6.45) is 48.5. The number of carbonyl (C=O) groups excluding carboxylic acids is 4. The maximum atomic E-state index is 13.0. The van der Waals surface area contributed by atoms with Gasteiger partial charge < -0.3 is 33.8 Å². The van der Waals surface area contributed by atoms with Crippen LogP contribution in [0.25, 0.3) is 0 Å². The van der Waals surface area contributed by atoms with E-state index in [0.717, 1.165) is 108 Å². The van der Waals surface area contributed by atoms with Gasteiger partial charge in [-0.15, -0.1) is 0 Å². The zero-order chi connectivity index (χ0) is 66.5. The molecule has 17 nitrogen and oxygen atoms in total. The summed E-state index contributed by atoms with van der Waals surface area (Å²) in [4.78, 5) is 72.5. The van der Waals surface area contributed by atoms with Crippen LogP contribution in [0.2, 0.25) is 0 Å². The molecule has 0 saturated carbocycles. The SMILES string of the molecule is CCCCCCCCCCCCCCCCC(=O)O[C@H](COC(=O)CCCCCCCCCC)COP(=O)(O)OC[C@H](O)COP(=O)(O)OC[C@@H](COC(=O)CCCCCCCCCCCCCC(C)C)OC(=O)CCCCCCCCCCCCCC(C)C. The zero-order valence-corrected chi connectivity index (χ0v) is 60.2. The number of ether oxygens (including phenoxy) is 4. The fourth-order valence-corrected chi connectivity index (χ4v) is 12.3. The Morgan fingerprint density at radius 3 is 0.756 bits per heavy atom. The van der Waals surface area contributed by atoms with Crippen molar-refractivity contribution in [3.05, 3.63) is 0 Å². The number of carbonyl (C=O) groups is 4. The van der Waals surface area contributed by atoms with Crippen LogP contribution in [0.1, 0.15) is 363 Å². The molecule has 0 heterocycles. The van der Waals surface area contributed by atoms with Crippen molar-refractivity contribution in [1.82, 2.24) is 0 Å². The fraction of sp³-hybridized carbons (Fsp3) is 0.944. The number of unbranched alkanes of at least 4 members (excludes halogenated alkanes) is 40. The van der Waals surface area contributed by atoms with E-state index in [1.54, 1.807) is 0 Å². The Kier molecular flexibility index (Phi) is 61.8. The van der Waals surface area contributed by atoms with Crippen LogP contribution < -0.4 is 0 Å². The Balaban J connectivity index is 5.23. The molecule has 0 amide bonds. The summed E-state index contributed by atoms with van der Waals surface area (Å²) in [6.45, 7) is 9.54. The minimum absolute atomic E-state index is 0.106. The van der Waals surface area contributed by atoms with Gasteiger partial charge in [0.05, 0.1) is 26.4 Å². The molecule has 0 aromatic heterocycles. The largest absolute Gasteiger partial charge is 0.472 e. The van der Waals surface area contributed by atoms with Crippen LogP contribution in [0, 0.1) is 11.8 Å². The molecule has 0 aromatic rings. The monoisotopic (exact) mass is 1320 g/mol. The van der Waals surface area contributed by atoms with Crippen molar-refractivity contribution in [3.8, 4) is 0 Å². The predicted octanol–water partition coefficient (Wildman–Crippen LogP) is 20.4. The van der Waals surface area contributed by atoms with Gasteiger partial charge in [-0.05, 0) is 37.5 Å². The maximum absolute atomic E-state index is 13.0. The molecule has 0 radical (unpaired) electrons. The highest BCUT2D eigenvalue weighted by atomic mass is 31.2. The third kappa shape index (κ3) is 64.8. The Morgan fingerprint density at radius 1 is 0.300 bits per heavy atom. The van der Waals surface area contributed by atoms with Crippen LogP contribution in [0.4, 0.5) is 0 Å². The lowest BCUT2D eigenvalue weighted by molar-refractivity contribution is -0.161. The van der Waals surface area contributed by atoms with Gasteiger partial charge in [0.15, 0.2) is 12.2 Å². The lowest BCUT2D eigenvalue weighted by Crippen LogP contribution is -2.30. The second-order valence-electron chi connectivity index (χ2n) is 26.6. The topological polar surface area (TPSA) is 237 Å². The standard InChI is InChI=1S/C71H138O17P2/c1-7-9-11-13-15-17-18-19-20-25-31-37-43-49-55-70(75)87-66(59-81-68(73)53-47-41-35-16-14-12-10-8-2)61-85-89(77,78)83-57-65(72)58-84-90(79,80)86-62-67(88-71(76)56-50-44-38-32-27-22-24-29-34-40-46-52-64(5)6)60-82-69(74)54-48-42-36-30-26-21-23-28-33-39-45-51-63(3)4/h63-67,72H,7-62H2,1-6H3,(H,77,78)(H,79,80)/t65-,66+,67+/m0/s1. The Morgan fingerprint density at radius 2 is 0.511 bits per heavy atom. The lowest BCUT2D eigenvalue weighted by atomic mass is 10.0. The van der Waals surface area contributed by atoms with Crippen molar-refractivity contribution < 1.29 is 80.2 Å². The van der Waals surface area contributed by atoms with Crippen LogP contribution >= 0.6 is 15.6 Å². The van der Waals surface area contributed by atoms with E-state index in [9.17, 15) is 43.2 Å². The van der Waals surface area contributed by atoms with Gasteiger partial charge in [-0.1, -0.05) is 311 Å². The molecule has 0 saturated heterocycles. The van der Waals surface area contributed by atoms with Gasteiger partial charge in [-0.2, -0.15) is 0 Å². The van der Waals surface area contributed by atoms with Crippen molar-refractivity contribution in [2.75, 3.05) is 39.6 Å². The first-order chi connectivity index (χ1) is 43.4. The molecule has 2 unspecified atom stereocenters. The van der Waals surface area contributed by atoms with Crippen LogP contribution in [0.15, 0.2) is 0 Å². The van der Waals surface area contributed by atoms with Crippen molar-refractivity contribution >= 4 is 39.5 Å². The molecular weight excluding hydrogens is 1190 g/mol. The zero-order valence-electron chi connectivity index (χ0n) is 58.4. The molecule has 534 valence electrons. The quantitative estimate of drug-likeness (QED) is 0.0222. The number of esters is 4. The molecule has 0 aliphatic carbocycles. The van der Waals surface area contributed by atoms with E-state index in [1.165, 1.54) is 173 Å². The Bertz CT molecular complexity index is 1750. The van der Waals surface area contributed by atoms with Gasteiger partial charge in [-0.3, -0.25) is 37.3 Å². The number of hydrogen-bond donors (Lipinski definition) is 3. The number of phosphoric ester groups is 2. The predicted molar refractivity (Wildman–Crippen MR) is 363 cm³/mol. The summed E-state index contributed by atoms with van der Waals surface area (Å²) in [6, 6.07) is 0. The average molecular weight is 1330 g/mol. The van der Waals surface area contributed by atoms with Crippen molar-refractivity contribution in [2.45, 2.75) is 381 Å². The first-order valence-electron chi connectivity index (χ1n) is 37.0. The highest BCUT2D eigenvalue weighted by Crippen LogP contribution is 2.45. The van der Waals surface area contributed by atoms with E-state index >= 15 is 0 Å². The molecule has 0 fully saturated rings. The van der Waals surface area contributed by atoms with Crippen LogP contribution in [-0.4, -0.2) is 96.7 Å². The summed E-state index contributed by atoms with van der Waals surface area (Å²) in [5, 5.41) is 10.6. The molecule has 0 aliphatic rings. The highest BCUT2D eigenvalue weighted by Gasteiger charge is 2.30. The average Bonchev–Trinajstić information content (AvgIpc) is 2.84. The highest BCUT2D eigenvalue weighted by molar-refractivity contribution is 7.47. The summed E-state index contributed by atoms with van der Waals surface area (Å²) in [5.41, 5.74) is 0.